The number of carboxylic acids is 1. The van der Waals surface area contributed by atoms with Crippen molar-refractivity contribution in [3.8, 4) is 22.6 Å². The maximum absolute atomic E-state index is 16.2. The maximum Gasteiger partial charge on any atom is 0.339 e. The normalized spacial score (nSPS) is 15.9. The number of hydrogen-bond acceptors (Lipinski definition) is 4. The van der Waals surface area contributed by atoms with Crippen LogP contribution < -0.4 is 9.47 Å². The molecule has 1 aliphatic heterocycles. The van der Waals surface area contributed by atoms with E-state index in [1.54, 1.807) is 18.2 Å². The van der Waals surface area contributed by atoms with Crippen LogP contribution in [0.25, 0.3) is 22.0 Å². The number of aromatic amines is 1. The third kappa shape index (κ3) is 4.60. The summed E-state index contributed by atoms with van der Waals surface area (Å²) in [5.41, 5.74) is 2.80. The lowest BCUT2D eigenvalue weighted by Gasteiger charge is -2.39. The van der Waals surface area contributed by atoms with Crippen molar-refractivity contribution in [2.24, 2.45) is 0 Å². The summed E-state index contributed by atoms with van der Waals surface area (Å²) in [6.45, 7) is 3.72. The van der Waals surface area contributed by atoms with Gasteiger partial charge in [0.2, 0.25) is 0 Å². The van der Waals surface area contributed by atoms with Gasteiger partial charge in [-0.3, -0.25) is 4.90 Å². The fourth-order valence-corrected chi connectivity index (χ4v) is 5.51. The minimum absolute atomic E-state index is 0.0123. The number of carboxylic acid groups (broad SMARTS) is 1. The number of methoxy groups -OCH3 is 2. The quantitative estimate of drug-likeness (QED) is 0.296. The van der Waals surface area contributed by atoms with Gasteiger partial charge in [0.15, 0.2) is 0 Å². The number of aromatic carboxylic acids is 1. The Balaban J connectivity index is 1.67. The molecule has 0 amide bonds. The molecule has 1 aromatic heterocycles. The minimum Gasteiger partial charge on any atom is -0.496 e. The second-order valence-electron chi connectivity index (χ2n) is 10.2. The van der Waals surface area contributed by atoms with Gasteiger partial charge in [0.1, 0.15) is 28.5 Å². The first kappa shape index (κ1) is 25.7. The van der Waals surface area contributed by atoms with E-state index in [9.17, 15) is 14.3 Å². The van der Waals surface area contributed by atoms with Crippen molar-refractivity contribution in [3.63, 3.8) is 0 Å². The van der Waals surface area contributed by atoms with Gasteiger partial charge in [0.25, 0.3) is 0 Å². The second-order valence-corrected chi connectivity index (χ2v) is 10.2. The average molecular weight is 521 g/mol. The average Bonchev–Trinajstić information content (AvgIpc) is 3.26. The molecule has 0 bridgehead atoms. The fourth-order valence-electron chi connectivity index (χ4n) is 5.51. The number of carbonyl (C=O) groups is 1. The first-order valence-electron chi connectivity index (χ1n) is 12.4. The van der Waals surface area contributed by atoms with Crippen molar-refractivity contribution >= 4 is 16.9 Å². The van der Waals surface area contributed by atoms with E-state index in [4.69, 9.17) is 9.47 Å². The number of alkyl halides is 1. The van der Waals surface area contributed by atoms with Crippen LogP contribution in [-0.2, 0) is 6.42 Å². The van der Waals surface area contributed by atoms with Crippen LogP contribution in [0.4, 0.5) is 8.78 Å². The summed E-state index contributed by atoms with van der Waals surface area (Å²) in [4.78, 5) is 16.9. The number of benzene rings is 3. The number of halogens is 2. The first-order chi connectivity index (χ1) is 18.1. The zero-order chi connectivity index (χ0) is 27.2. The molecular weight excluding hydrogens is 490 g/mol. The molecule has 0 saturated heterocycles. The van der Waals surface area contributed by atoms with Crippen molar-refractivity contribution in [3.05, 3.63) is 82.8 Å². The van der Waals surface area contributed by atoms with Gasteiger partial charge in [-0.2, -0.15) is 0 Å². The molecule has 0 aliphatic carbocycles. The number of para-hydroxylation sites is 1. The number of nitrogens with one attached hydrogen (secondary N) is 1. The lowest BCUT2D eigenvalue weighted by Crippen LogP contribution is -2.43. The third-order valence-electron chi connectivity index (χ3n) is 7.06. The smallest absolute Gasteiger partial charge is 0.339 e. The maximum atomic E-state index is 16.2. The highest BCUT2D eigenvalue weighted by molar-refractivity contribution is 5.92. The molecule has 0 spiro atoms. The van der Waals surface area contributed by atoms with Gasteiger partial charge in [0, 0.05) is 29.7 Å². The molecule has 2 heterocycles. The van der Waals surface area contributed by atoms with Gasteiger partial charge in [-0.05, 0) is 67.3 Å². The number of H-pyrrole nitrogens is 1. The number of aromatic nitrogens is 1. The van der Waals surface area contributed by atoms with E-state index in [0.29, 0.717) is 35.4 Å². The second kappa shape index (κ2) is 9.76. The molecule has 0 saturated carbocycles. The van der Waals surface area contributed by atoms with E-state index in [-0.39, 0.29) is 17.9 Å². The van der Waals surface area contributed by atoms with Crippen molar-refractivity contribution in [2.45, 2.75) is 32.0 Å². The molecule has 8 heteroatoms. The molecule has 0 radical (unpaired) electrons. The van der Waals surface area contributed by atoms with Gasteiger partial charge in [-0.1, -0.05) is 24.3 Å². The van der Waals surface area contributed by atoms with Crippen LogP contribution in [0.5, 0.6) is 11.5 Å². The van der Waals surface area contributed by atoms with Crippen molar-refractivity contribution in [1.82, 2.24) is 9.88 Å². The van der Waals surface area contributed by atoms with Crippen LogP contribution in [0, 0.1) is 5.82 Å². The van der Waals surface area contributed by atoms with Crippen molar-refractivity contribution in [2.75, 3.05) is 27.3 Å². The molecule has 3 aromatic carbocycles. The summed E-state index contributed by atoms with van der Waals surface area (Å²) in [5.74, 6) is -1.13. The van der Waals surface area contributed by atoms with Crippen LogP contribution in [0.3, 0.4) is 0 Å². The highest BCUT2D eigenvalue weighted by Gasteiger charge is 2.38. The standard InChI is InChI=1S/C30H30F2N2O4/c1-30(2,32)16-34-12-11-20-19-7-5-6-8-23(19)33-27(20)28(34)26-22(31)13-18(15-25(26)38-4)17-9-10-21(29(35)36)24(14-17)37-3/h5-10,13-15,28,33H,11-12,16H2,1-4H3,(H,35,36). The molecule has 1 aliphatic rings. The van der Waals surface area contributed by atoms with E-state index in [1.807, 2.05) is 29.2 Å². The summed E-state index contributed by atoms with van der Waals surface area (Å²) >= 11 is 0. The molecular formula is C30H30F2N2O4. The van der Waals surface area contributed by atoms with Crippen LogP contribution in [0.2, 0.25) is 0 Å². The monoisotopic (exact) mass is 520 g/mol. The molecule has 4 aromatic rings. The Kier molecular flexibility index (Phi) is 6.61. The Morgan fingerprint density at radius 2 is 1.79 bits per heavy atom. The molecule has 1 atom stereocenters. The minimum atomic E-state index is -1.49. The number of hydrogen-bond donors (Lipinski definition) is 2. The number of fused-ring (bicyclic) bond motifs is 3. The van der Waals surface area contributed by atoms with E-state index >= 15 is 4.39 Å². The van der Waals surface area contributed by atoms with Crippen molar-refractivity contribution < 1.29 is 28.2 Å². The van der Waals surface area contributed by atoms with E-state index in [0.717, 1.165) is 22.2 Å². The zero-order valence-electron chi connectivity index (χ0n) is 21.8. The Labute approximate surface area is 219 Å². The lowest BCUT2D eigenvalue weighted by atomic mass is 9.89. The zero-order valence-corrected chi connectivity index (χ0v) is 21.8. The van der Waals surface area contributed by atoms with Crippen molar-refractivity contribution in [1.29, 1.82) is 0 Å². The van der Waals surface area contributed by atoms with Gasteiger partial charge < -0.3 is 19.6 Å². The summed E-state index contributed by atoms with van der Waals surface area (Å²) in [5, 5.41) is 10.5. The number of nitrogens with zero attached hydrogens (tertiary/aromatic N) is 1. The predicted octanol–water partition coefficient (Wildman–Crippen LogP) is 6.39. The summed E-state index contributed by atoms with van der Waals surface area (Å²) in [7, 11) is 2.87. The highest BCUT2D eigenvalue weighted by atomic mass is 19.1. The molecule has 2 N–H and O–H groups in total. The molecule has 5 rings (SSSR count). The van der Waals surface area contributed by atoms with Crippen LogP contribution in [0.15, 0.2) is 54.6 Å². The molecule has 6 nitrogen and oxygen atoms in total. The van der Waals surface area contributed by atoms with Crippen LogP contribution in [-0.4, -0.2) is 53.9 Å². The molecule has 38 heavy (non-hydrogen) atoms. The molecule has 1 unspecified atom stereocenters. The number of rotatable bonds is 7. The van der Waals surface area contributed by atoms with Gasteiger partial charge in [-0.25, -0.2) is 13.6 Å². The predicted molar refractivity (Wildman–Crippen MR) is 143 cm³/mol. The van der Waals surface area contributed by atoms with Gasteiger partial charge in [-0.15, -0.1) is 0 Å². The van der Waals surface area contributed by atoms with Crippen LogP contribution in [0.1, 0.15) is 47.1 Å². The summed E-state index contributed by atoms with van der Waals surface area (Å²) < 4.78 is 42.1. The SMILES string of the molecule is COc1cc(-c2cc(F)c(C3c4[nH]c5ccccc5c4CCN3CC(C)(C)F)c(OC)c2)ccc1C(=O)O. The highest BCUT2D eigenvalue weighted by Crippen LogP contribution is 2.44. The Morgan fingerprint density at radius 3 is 2.47 bits per heavy atom. The topological polar surface area (TPSA) is 74.8 Å². The van der Waals surface area contributed by atoms with Crippen LogP contribution >= 0.6 is 0 Å². The Hall–Kier alpha value is -3.91. The van der Waals surface area contributed by atoms with E-state index in [2.05, 4.69) is 4.98 Å². The fraction of sp³-hybridized carbons (Fsp3) is 0.300. The number of ether oxygens (including phenoxy) is 2. The van der Waals surface area contributed by atoms with E-state index in [1.165, 1.54) is 40.2 Å². The molecule has 0 fully saturated rings. The first-order valence-corrected chi connectivity index (χ1v) is 12.4. The van der Waals surface area contributed by atoms with Gasteiger partial charge >= 0.3 is 5.97 Å². The van der Waals surface area contributed by atoms with Gasteiger partial charge in [0.05, 0.1) is 25.8 Å². The molecule has 198 valence electrons. The summed E-state index contributed by atoms with van der Waals surface area (Å²) in [6.07, 6.45) is 0.712. The largest absolute Gasteiger partial charge is 0.496 e. The lowest BCUT2D eigenvalue weighted by molar-refractivity contribution is 0.0693. The van der Waals surface area contributed by atoms with E-state index < -0.39 is 23.5 Å². The Bertz CT molecular complexity index is 1520. The Morgan fingerprint density at radius 1 is 1.08 bits per heavy atom. The third-order valence-corrected chi connectivity index (χ3v) is 7.06. The summed E-state index contributed by atoms with van der Waals surface area (Å²) in [6, 6.07) is 15.1.